The lowest BCUT2D eigenvalue weighted by Crippen LogP contribution is -2.18. The number of benzene rings is 1. The van der Waals surface area contributed by atoms with Gasteiger partial charge < -0.3 is 0 Å². The van der Waals surface area contributed by atoms with Crippen molar-refractivity contribution in [2.45, 2.75) is 12.8 Å². The van der Waals surface area contributed by atoms with Gasteiger partial charge in [-0.15, -0.1) is 0 Å². The van der Waals surface area contributed by atoms with Gasteiger partial charge in [-0.05, 0) is 46.7 Å². The summed E-state index contributed by atoms with van der Waals surface area (Å²) in [5, 5.41) is 0. The van der Waals surface area contributed by atoms with E-state index < -0.39 is 9.84 Å². The molecule has 0 radical (unpaired) electrons. The van der Waals surface area contributed by atoms with Crippen molar-refractivity contribution in [3.63, 3.8) is 0 Å². The Morgan fingerprint density at radius 1 is 1.29 bits per heavy atom. The molecule has 0 amide bonds. The number of halogens is 1. The van der Waals surface area contributed by atoms with Gasteiger partial charge >= 0.3 is 0 Å². The molecule has 0 spiro atoms. The first-order valence-corrected chi connectivity index (χ1v) is 8.34. The molecule has 1 atom stereocenters. The van der Waals surface area contributed by atoms with Crippen molar-refractivity contribution >= 4 is 38.2 Å². The van der Waals surface area contributed by atoms with Crippen LogP contribution in [0.3, 0.4) is 0 Å². The van der Waals surface area contributed by atoms with Gasteiger partial charge in [0.2, 0.25) is 0 Å². The number of hydrogen-bond acceptors (Lipinski definition) is 3. The molecule has 0 aromatic heterocycles. The Hall–Kier alpha value is -0.430. The van der Waals surface area contributed by atoms with E-state index in [2.05, 4.69) is 22.6 Å². The van der Waals surface area contributed by atoms with Gasteiger partial charge in [0.15, 0.2) is 9.84 Å². The molecule has 3 nitrogen and oxygen atoms in total. The third kappa shape index (κ3) is 3.51. The molecule has 1 saturated heterocycles. The van der Waals surface area contributed by atoms with Gasteiger partial charge in [-0.25, -0.2) is 8.42 Å². The minimum Gasteiger partial charge on any atom is -0.299 e. The van der Waals surface area contributed by atoms with E-state index in [1.54, 1.807) is 0 Å². The van der Waals surface area contributed by atoms with E-state index in [4.69, 9.17) is 0 Å². The summed E-state index contributed by atoms with van der Waals surface area (Å²) in [5.41, 5.74) is 0.958. The maximum atomic E-state index is 11.9. The largest absolute Gasteiger partial charge is 0.299 e. The minimum absolute atomic E-state index is 0.0379. The number of carbonyl (C=O) groups is 1. The standard InChI is InChI=1S/C12H13IO3S/c13-11-3-1-9(2-4-11)7-12(14)10-5-6-17(15,16)8-10/h1-4,10H,5-8H2. The smallest absolute Gasteiger partial charge is 0.151 e. The number of sulfone groups is 1. The molecule has 1 aliphatic heterocycles. The molecule has 5 heteroatoms. The molecule has 2 rings (SSSR count). The molecule has 0 saturated carbocycles. The Morgan fingerprint density at radius 2 is 1.94 bits per heavy atom. The zero-order chi connectivity index (χ0) is 12.5. The van der Waals surface area contributed by atoms with Crippen LogP contribution in [-0.2, 0) is 21.1 Å². The van der Waals surface area contributed by atoms with Crippen LogP contribution in [0, 0.1) is 9.49 Å². The Balaban J connectivity index is 2.01. The summed E-state index contributed by atoms with van der Waals surface area (Å²) < 4.78 is 23.7. The fraction of sp³-hybridized carbons (Fsp3) is 0.417. The van der Waals surface area contributed by atoms with Crippen molar-refractivity contribution in [1.29, 1.82) is 0 Å². The van der Waals surface area contributed by atoms with Crippen molar-refractivity contribution in [2.24, 2.45) is 5.92 Å². The van der Waals surface area contributed by atoms with Crippen LogP contribution in [-0.4, -0.2) is 25.7 Å². The summed E-state index contributed by atoms with van der Waals surface area (Å²) in [7, 11) is -2.96. The topological polar surface area (TPSA) is 51.2 Å². The number of Topliss-reactive ketones (excluding diaryl/α,β-unsaturated/α-hetero) is 1. The number of hydrogen-bond donors (Lipinski definition) is 0. The SMILES string of the molecule is O=C(Cc1ccc(I)cc1)C1CCS(=O)(=O)C1. The molecule has 0 aliphatic carbocycles. The first kappa shape index (κ1) is 13.0. The highest BCUT2D eigenvalue weighted by Crippen LogP contribution is 2.21. The number of rotatable bonds is 3. The summed E-state index contributed by atoms with van der Waals surface area (Å²) in [6.45, 7) is 0. The van der Waals surface area contributed by atoms with E-state index in [1.165, 1.54) is 0 Å². The minimum atomic E-state index is -2.96. The third-order valence-corrected chi connectivity index (χ3v) is 5.47. The van der Waals surface area contributed by atoms with Crippen LogP contribution in [0.15, 0.2) is 24.3 Å². The van der Waals surface area contributed by atoms with Crippen molar-refractivity contribution in [2.75, 3.05) is 11.5 Å². The summed E-state index contributed by atoms with van der Waals surface area (Å²) in [6, 6.07) is 7.75. The quantitative estimate of drug-likeness (QED) is 0.770. The molecular weight excluding hydrogens is 351 g/mol. The zero-order valence-electron chi connectivity index (χ0n) is 9.23. The second kappa shape index (κ2) is 5.06. The average molecular weight is 364 g/mol. The molecule has 1 heterocycles. The first-order chi connectivity index (χ1) is 7.96. The summed E-state index contributed by atoms with van der Waals surface area (Å²) in [4.78, 5) is 11.9. The molecule has 1 unspecified atom stereocenters. The summed E-state index contributed by atoms with van der Waals surface area (Å²) in [5.74, 6) is -0.0432. The van der Waals surface area contributed by atoms with E-state index in [0.29, 0.717) is 12.8 Å². The Morgan fingerprint density at radius 3 is 2.47 bits per heavy atom. The van der Waals surface area contributed by atoms with Crippen LogP contribution in [0.2, 0.25) is 0 Å². The monoisotopic (exact) mass is 364 g/mol. The molecule has 17 heavy (non-hydrogen) atoms. The maximum Gasteiger partial charge on any atom is 0.151 e. The highest BCUT2D eigenvalue weighted by Gasteiger charge is 2.32. The Kier molecular flexibility index (Phi) is 3.87. The lowest BCUT2D eigenvalue weighted by atomic mass is 9.97. The number of carbonyl (C=O) groups excluding carboxylic acids is 1. The van der Waals surface area contributed by atoms with Crippen molar-refractivity contribution in [1.82, 2.24) is 0 Å². The van der Waals surface area contributed by atoms with E-state index in [1.807, 2.05) is 24.3 Å². The van der Waals surface area contributed by atoms with Gasteiger partial charge in [-0.1, -0.05) is 12.1 Å². The lowest BCUT2D eigenvalue weighted by molar-refractivity contribution is -0.121. The molecule has 92 valence electrons. The second-order valence-corrected chi connectivity index (χ2v) is 7.84. The fourth-order valence-electron chi connectivity index (χ4n) is 2.00. The highest BCUT2D eigenvalue weighted by atomic mass is 127. The van der Waals surface area contributed by atoms with Crippen LogP contribution in [0.25, 0.3) is 0 Å². The van der Waals surface area contributed by atoms with Crippen LogP contribution in [0.1, 0.15) is 12.0 Å². The molecule has 1 aromatic carbocycles. The van der Waals surface area contributed by atoms with Crippen molar-refractivity contribution in [3.05, 3.63) is 33.4 Å². The highest BCUT2D eigenvalue weighted by molar-refractivity contribution is 14.1. The van der Waals surface area contributed by atoms with Gasteiger partial charge in [0.05, 0.1) is 11.5 Å². The Bertz CT molecular complexity index is 519. The van der Waals surface area contributed by atoms with Gasteiger partial charge in [0.1, 0.15) is 5.78 Å². The predicted octanol–water partition coefficient (Wildman–Crippen LogP) is 1.84. The van der Waals surface area contributed by atoms with Gasteiger partial charge in [0, 0.05) is 15.9 Å². The maximum absolute atomic E-state index is 11.9. The average Bonchev–Trinajstić information content (AvgIpc) is 2.62. The van der Waals surface area contributed by atoms with Crippen molar-refractivity contribution in [3.8, 4) is 0 Å². The second-order valence-electron chi connectivity index (χ2n) is 4.37. The predicted molar refractivity (Wildman–Crippen MR) is 74.6 cm³/mol. The van der Waals surface area contributed by atoms with E-state index in [9.17, 15) is 13.2 Å². The molecule has 1 aromatic rings. The fourth-order valence-corrected chi connectivity index (χ4v) is 4.13. The lowest BCUT2D eigenvalue weighted by Gasteiger charge is -2.06. The molecular formula is C12H13IO3S. The van der Waals surface area contributed by atoms with Gasteiger partial charge in [-0.2, -0.15) is 0 Å². The third-order valence-electron chi connectivity index (χ3n) is 2.98. The normalized spacial score (nSPS) is 22.5. The zero-order valence-corrected chi connectivity index (χ0v) is 12.2. The molecule has 0 N–H and O–H groups in total. The molecule has 1 aliphatic rings. The molecule has 1 fully saturated rings. The van der Waals surface area contributed by atoms with Crippen LogP contribution < -0.4 is 0 Å². The summed E-state index contributed by atoms with van der Waals surface area (Å²) in [6.07, 6.45) is 0.836. The van der Waals surface area contributed by atoms with Crippen LogP contribution in [0.4, 0.5) is 0 Å². The van der Waals surface area contributed by atoms with Gasteiger partial charge in [0.25, 0.3) is 0 Å². The van der Waals surface area contributed by atoms with Crippen molar-refractivity contribution < 1.29 is 13.2 Å². The van der Waals surface area contributed by atoms with E-state index in [-0.39, 0.29) is 23.2 Å². The van der Waals surface area contributed by atoms with Gasteiger partial charge in [-0.3, -0.25) is 4.79 Å². The number of ketones is 1. The summed E-state index contributed by atoms with van der Waals surface area (Å²) >= 11 is 2.21. The molecule has 0 bridgehead atoms. The van der Waals surface area contributed by atoms with Crippen LogP contribution >= 0.6 is 22.6 Å². The van der Waals surface area contributed by atoms with Crippen LogP contribution in [0.5, 0.6) is 0 Å². The first-order valence-electron chi connectivity index (χ1n) is 5.44. The van der Waals surface area contributed by atoms with E-state index >= 15 is 0 Å². The van der Waals surface area contributed by atoms with E-state index in [0.717, 1.165) is 9.13 Å². The Labute approximate surface area is 115 Å².